The lowest BCUT2D eigenvalue weighted by molar-refractivity contribution is 0.453. The van der Waals surface area contributed by atoms with Crippen LogP contribution in [-0.4, -0.2) is 46.5 Å². The second-order valence-corrected chi connectivity index (χ2v) is 8.48. The number of rotatable bonds is 7. The zero-order valence-corrected chi connectivity index (χ0v) is 19.7. The van der Waals surface area contributed by atoms with Crippen LogP contribution in [0.2, 0.25) is 0 Å². The minimum absolute atomic E-state index is 0.205. The molecule has 0 saturated heterocycles. The van der Waals surface area contributed by atoms with Crippen molar-refractivity contribution < 1.29 is 10.2 Å². The van der Waals surface area contributed by atoms with Gasteiger partial charge in [-0.05, 0) is 54.1 Å². The van der Waals surface area contributed by atoms with Crippen LogP contribution in [0.4, 0.5) is 11.4 Å². The Morgan fingerprint density at radius 2 is 1.33 bits per heavy atom. The van der Waals surface area contributed by atoms with Crippen molar-refractivity contribution >= 4 is 29.6 Å². The van der Waals surface area contributed by atoms with Crippen molar-refractivity contribution in [2.24, 2.45) is 15.0 Å². The zero-order chi connectivity index (χ0) is 24.7. The van der Waals surface area contributed by atoms with E-state index in [9.17, 15) is 10.2 Å². The van der Waals surface area contributed by atoms with Gasteiger partial charge in [0.25, 0.3) is 0 Å². The maximum absolute atomic E-state index is 9.98. The van der Waals surface area contributed by atoms with Gasteiger partial charge in [0.2, 0.25) is 0 Å². The highest BCUT2D eigenvalue weighted by Gasteiger charge is 2.19. The Morgan fingerprint density at radius 1 is 0.722 bits per heavy atom. The van der Waals surface area contributed by atoms with Gasteiger partial charge in [-0.3, -0.25) is 15.0 Å². The third-order valence-electron chi connectivity index (χ3n) is 5.90. The van der Waals surface area contributed by atoms with Gasteiger partial charge >= 0.3 is 0 Å². The molecule has 0 radical (unpaired) electrons. The topological polar surface area (TPSA) is 80.8 Å². The minimum atomic E-state index is 0.205. The molecule has 0 bridgehead atoms. The van der Waals surface area contributed by atoms with Gasteiger partial charge in [0.05, 0.1) is 17.9 Å². The maximum Gasteiger partial charge on any atom is 0.131 e. The van der Waals surface area contributed by atoms with Crippen LogP contribution in [0.25, 0.3) is 0 Å². The van der Waals surface area contributed by atoms with E-state index in [1.54, 1.807) is 36.7 Å². The first-order valence-corrected chi connectivity index (χ1v) is 11.8. The van der Waals surface area contributed by atoms with E-state index in [2.05, 4.69) is 27.0 Å². The fourth-order valence-corrected chi connectivity index (χ4v) is 4.07. The predicted octanol–water partition coefficient (Wildman–Crippen LogP) is 5.86. The number of nitrogens with zero attached hydrogens (tertiary/aromatic N) is 4. The maximum atomic E-state index is 9.98. The van der Waals surface area contributed by atoms with Crippen LogP contribution in [-0.2, 0) is 6.54 Å². The zero-order valence-electron chi connectivity index (χ0n) is 19.7. The SMILES string of the molecule is Oc1ccccc1C=Nc1cccc(CN2CCN=C2c2cccc(N=Cc3ccccc3O)c2)c1. The van der Waals surface area contributed by atoms with Crippen LogP contribution < -0.4 is 0 Å². The summed E-state index contributed by atoms with van der Waals surface area (Å²) in [7, 11) is 0. The summed E-state index contributed by atoms with van der Waals surface area (Å²) in [6, 6.07) is 30.3. The molecule has 1 aliphatic heterocycles. The van der Waals surface area contributed by atoms with E-state index in [1.807, 2.05) is 60.7 Å². The van der Waals surface area contributed by atoms with Gasteiger partial charge in [0, 0.05) is 42.2 Å². The van der Waals surface area contributed by atoms with E-state index in [0.29, 0.717) is 17.7 Å². The molecule has 6 nitrogen and oxygen atoms in total. The van der Waals surface area contributed by atoms with Gasteiger partial charge in [0.15, 0.2) is 0 Å². The molecule has 0 spiro atoms. The van der Waals surface area contributed by atoms with E-state index >= 15 is 0 Å². The number of para-hydroxylation sites is 2. The first-order valence-electron chi connectivity index (χ1n) is 11.8. The summed E-state index contributed by atoms with van der Waals surface area (Å²) in [6.45, 7) is 2.29. The molecule has 178 valence electrons. The van der Waals surface area contributed by atoms with Crippen molar-refractivity contribution in [3.8, 4) is 11.5 Å². The van der Waals surface area contributed by atoms with Gasteiger partial charge in [-0.15, -0.1) is 0 Å². The third kappa shape index (κ3) is 5.50. The Hall–Kier alpha value is -4.71. The third-order valence-corrected chi connectivity index (χ3v) is 5.90. The molecular formula is C30H26N4O2. The summed E-state index contributed by atoms with van der Waals surface area (Å²) in [6.07, 6.45) is 3.35. The number of benzene rings is 4. The standard InChI is InChI=1S/C30H26N4O2/c35-28-13-3-1-8-24(28)19-32-26-11-5-7-22(17-26)21-34-16-15-31-30(34)23-10-6-12-27(18-23)33-20-25-9-2-4-14-29(25)36/h1-14,17-20,35-36H,15-16,21H2. The molecule has 36 heavy (non-hydrogen) atoms. The fourth-order valence-electron chi connectivity index (χ4n) is 4.07. The molecule has 4 aromatic carbocycles. The van der Waals surface area contributed by atoms with Crippen molar-refractivity contribution in [3.63, 3.8) is 0 Å². The average molecular weight is 475 g/mol. The molecule has 1 aliphatic rings. The molecule has 0 amide bonds. The molecule has 0 aromatic heterocycles. The number of aromatic hydroxyl groups is 2. The fraction of sp³-hybridized carbons (Fsp3) is 0.100. The lowest BCUT2D eigenvalue weighted by Gasteiger charge is -2.21. The molecule has 2 N–H and O–H groups in total. The van der Waals surface area contributed by atoms with Crippen LogP contribution in [0.15, 0.2) is 112 Å². The second-order valence-electron chi connectivity index (χ2n) is 8.48. The van der Waals surface area contributed by atoms with Crippen LogP contribution in [0.5, 0.6) is 11.5 Å². The first kappa shape index (κ1) is 23.1. The monoisotopic (exact) mass is 474 g/mol. The van der Waals surface area contributed by atoms with Gasteiger partial charge < -0.3 is 15.1 Å². The highest BCUT2D eigenvalue weighted by molar-refractivity contribution is 6.00. The van der Waals surface area contributed by atoms with Gasteiger partial charge in [0.1, 0.15) is 17.3 Å². The summed E-state index contributed by atoms with van der Waals surface area (Å²) in [5, 5.41) is 19.9. The van der Waals surface area contributed by atoms with Crippen LogP contribution in [0.1, 0.15) is 22.3 Å². The van der Waals surface area contributed by atoms with Crippen molar-refractivity contribution in [2.45, 2.75) is 6.54 Å². The molecule has 6 heteroatoms. The van der Waals surface area contributed by atoms with E-state index in [-0.39, 0.29) is 11.5 Å². The van der Waals surface area contributed by atoms with Gasteiger partial charge in [-0.2, -0.15) is 0 Å². The lowest BCUT2D eigenvalue weighted by atomic mass is 10.1. The normalized spacial score (nSPS) is 13.6. The average Bonchev–Trinajstić information content (AvgIpc) is 3.36. The minimum Gasteiger partial charge on any atom is -0.507 e. The van der Waals surface area contributed by atoms with Crippen molar-refractivity contribution in [1.82, 2.24) is 4.90 Å². The summed E-state index contributed by atoms with van der Waals surface area (Å²) >= 11 is 0. The molecule has 5 rings (SSSR count). The van der Waals surface area contributed by atoms with Crippen LogP contribution in [0.3, 0.4) is 0 Å². The molecule has 4 aromatic rings. The molecule has 1 heterocycles. The Morgan fingerprint density at radius 3 is 2.00 bits per heavy atom. The van der Waals surface area contributed by atoms with Crippen molar-refractivity contribution in [1.29, 1.82) is 0 Å². The van der Waals surface area contributed by atoms with E-state index < -0.39 is 0 Å². The smallest absolute Gasteiger partial charge is 0.131 e. The Balaban J connectivity index is 1.30. The molecule has 0 fully saturated rings. The quantitative estimate of drug-likeness (QED) is 0.329. The number of hydrogen-bond donors (Lipinski definition) is 2. The Bertz CT molecular complexity index is 1460. The number of hydrogen-bond acceptors (Lipinski definition) is 6. The first-order chi connectivity index (χ1) is 17.7. The largest absolute Gasteiger partial charge is 0.507 e. The number of phenolic OH excluding ortho intramolecular Hbond substituents is 2. The Labute approximate surface area is 210 Å². The van der Waals surface area contributed by atoms with Crippen LogP contribution >= 0.6 is 0 Å². The molecule has 0 saturated carbocycles. The van der Waals surface area contributed by atoms with E-state index in [4.69, 9.17) is 4.99 Å². The highest BCUT2D eigenvalue weighted by Crippen LogP contribution is 2.23. The number of phenols is 2. The second kappa shape index (κ2) is 10.7. The number of amidine groups is 1. The molecular weight excluding hydrogens is 448 g/mol. The van der Waals surface area contributed by atoms with Crippen LogP contribution in [0, 0.1) is 0 Å². The number of aliphatic imine (C=N–C) groups is 3. The summed E-state index contributed by atoms with van der Waals surface area (Å²) in [5.41, 5.74) is 5.12. The summed E-state index contributed by atoms with van der Waals surface area (Å²) in [4.78, 5) is 16.1. The van der Waals surface area contributed by atoms with Crippen molar-refractivity contribution in [2.75, 3.05) is 13.1 Å². The highest BCUT2D eigenvalue weighted by atomic mass is 16.3. The molecule has 0 atom stereocenters. The van der Waals surface area contributed by atoms with E-state index in [1.165, 1.54) is 0 Å². The van der Waals surface area contributed by atoms with Gasteiger partial charge in [-0.1, -0.05) is 48.5 Å². The lowest BCUT2D eigenvalue weighted by Crippen LogP contribution is -2.27. The van der Waals surface area contributed by atoms with E-state index in [0.717, 1.165) is 41.4 Å². The summed E-state index contributed by atoms with van der Waals surface area (Å²) in [5.74, 6) is 1.36. The molecule has 0 aliphatic carbocycles. The summed E-state index contributed by atoms with van der Waals surface area (Å²) < 4.78 is 0. The molecule has 0 unspecified atom stereocenters. The Kier molecular flexibility index (Phi) is 6.85. The predicted molar refractivity (Wildman–Crippen MR) is 145 cm³/mol. The van der Waals surface area contributed by atoms with Gasteiger partial charge in [-0.25, -0.2) is 0 Å². The van der Waals surface area contributed by atoms with Crippen molar-refractivity contribution in [3.05, 3.63) is 119 Å².